The molecular weight excluding hydrogens is 397 g/mol. The number of halogens is 3. The molecule has 1 amide bonds. The standard InChI is InChI=1S/C20H19F3N6O/c21-20(22,23)15-5-3-4-14(8-15)9-18(30)27-16-10-26-29(13-16)19-24-11-17(12-25-19)28-6-1-2-7-28/h3-5,8,10-13H,1-2,6-7,9H2,(H,27,30). The molecule has 2 aromatic heterocycles. The molecule has 3 aromatic rings. The van der Waals surface area contributed by atoms with Crippen LogP contribution in [0.15, 0.2) is 49.1 Å². The first-order valence-corrected chi connectivity index (χ1v) is 9.46. The van der Waals surface area contributed by atoms with Gasteiger partial charge in [0.1, 0.15) is 0 Å². The summed E-state index contributed by atoms with van der Waals surface area (Å²) in [6.45, 7) is 1.99. The van der Waals surface area contributed by atoms with Crippen molar-refractivity contribution >= 4 is 17.3 Å². The smallest absolute Gasteiger partial charge is 0.369 e. The third-order valence-electron chi connectivity index (χ3n) is 4.79. The Balaban J connectivity index is 1.39. The average molecular weight is 416 g/mol. The number of amides is 1. The number of carbonyl (C=O) groups excluding carboxylic acids is 1. The largest absolute Gasteiger partial charge is 0.416 e. The topological polar surface area (TPSA) is 75.9 Å². The molecule has 30 heavy (non-hydrogen) atoms. The van der Waals surface area contributed by atoms with Crippen LogP contribution in [0.1, 0.15) is 24.0 Å². The number of aromatic nitrogens is 4. The summed E-state index contributed by atoms with van der Waals surface area (Å²) in [7, 11) is 0. The molecule has 1 saturated heterocycles. The van der Waals surface area contributed by atoms with E-state index >= 15 is 0 Å². The minimum atomic E-state index is -4.45. The van der Waals surface area contributed by atoms with Crippen LogP contribution in [0.5, 0.6) is 0 Å². The molecule has 0 spiro atoms. The molecule has 0 unspecified atom stereocenters. The summed E-state index contributed by atoms with van der Waals surface area (Å²) in [4.78, 5) is 23.1. The highest BCUT2D eigenvalue weighted by atomic mass is 19.4. The van der Waals surface area contributed by atoms with Gasteiger partial charge < -0.3 is 10.2 Å². The number of alkyl halides is 3. The Morgan fingerprint density at radius 1 is 1.10 bits per heavy atom. The van der Waals surface area contributed by atoms with E-state index in [4.69, 9.17) is 0 Å². The number of rotatable bonds is 5. The Bertz CT molecular complexity index is 1030. The van der Waals surface area contributed by atoms with Crippen LogP contribution in [0, 0.1) is 0 Å². The Morgan fingerprint density at radius 2 is 1.83 bits per heavy atom. The van der Waals surface area contributed by atoms with E-state index in [1.165, 1.54) is 23.0 Å². The third kappa shape index (κ3) is 4.58. The van der Waals surface area contributed by atoms with Gasteiger partial charge in [0.15, 0.2) is 0 Å². The van der Waals surface area contributed by atoms with E-state index in [9.17, 15) is 18.0 Å². The first kappa shape index (κ1) is 19.9. The lowest BCUT2D eigenvalue weighted by Crippen LogP contribution is -2.18. The number of carbonyl (C=O) groups is 1. The molecule has 1 aliphatic rings. The van der Waals surface area contributed by atoms with E-state index in [-0.39, 0.29) is 12.0 Å². The average Bonchev–Trinajstić information content (AvgIpc) is 3.40. The molecule has 156 valence electrons. The molecule has 1 fully saturated rings. The molecule has 4 rings (SSSR count). The van der Waals surface area contributed by atoms with Crippen LogP contribution in [0.3, 0.4) is 0 Å². The first-order valence-electron chi connectivity index (χ1n) is 9.46. The van der Waals surface area contributed by atoms with Crippen molar-refractivity contribution in [3.05, 3.63) is 60.2 Å². The van der Waals surface area contributed by atoms with Crippen LogP contribution >= 0.6 is 0 Å². The van der Waals surface area contributed by atoms with Gasteiger partial charge in [0.25, 0.3) is 5.95 Å². The molecule has 0 bridgehead atoms. The van der Waals surface area contributed by atoms with Crippen molar-refractivity contribution < 1.29 is 18.0 Å². The first-order chi connectivity index (χ1) is 14.4. The van der Waals surface area contributed by atoms with Gasteiger partial charge >= 0.3 is 6.18 Å². The van der Waals surface area contributed by atoms with Crippen molar-refractivity contribution in [1.29, 1.82) is 0 Å². The van der Waals surface area contributed by atoms with Crippen molar-refractivity contribution in [3.63, 3.8) is 0 Å². The third-order valence-corrected chi connectivity index (χ3v) is 4.79. The minimum absolute atomic E-state index is 0.184. The Hall–Kier alpha value is -3.43. The van der Waals surface area contributed by atoms with Crippen molar-refractivity contribution in [2.24, 2.45) is 0 Å². The molecule has 10 heteroatoms. The fraction of sp³-hybridized carbons (Fsp3) is 0.300. The van der Waals surface area contributed by atoms with Gasteiger partial charge in [0.05, 0.1) is 48.1 Å². The van der Waals surface area contributed by atoms with Gasteiger partial charge in [-0.1, -0.05) is 18.2 Å². The quantitative estimate of drug-likeness (QED) is 0.689. The normalized spacial score (nSPS) is 14.2. The summed E-state index contributed by atoms with van der Waals surface area (Å²) in [5, 5.41) is 6.76. The van der Waals surface area contributed by atoms with E-state index in [2.05, 4.69) is 25.3 Å². The lowest BCUT2D eigenvalue weighted by atomic mass is 10.1. The monoisotopic (exact) mass is 416 g/mol. The van der Waals surface area contributed by atoms with Gasteiger partial charge in [0, 0.05) is 13.1 Å². The van der Waals surface area contributed by atoms with Crippen molar-refractivity contribution in [1.82, 2.24) is 19.7 Å². The molecule has 3 heterocycles. The Morgan fingerprint density at radius 3 is 2.53 bits per heavy atom. The maximum absolute atomic E-state index is 12.8. The van der Waals surface area contributed by atoms with E-state index < -0.39 is 17.6 Å². The van der Waals surface area contributed by atoms with Crippen LogP contribution in [0.4, 0.5) is 24.5 Å². The number of hydrogen-bond donors (Lipinski definition) is 1. The van der Waals surface area contributed by atoms with Crippen LogP contribution in [0.25, 0.3) is 5.95 Å². The summed E-state index contributed by atoms with van der Waals surface area (Å²) in [6.07, 6.45) is 4.14. The molecule has 0 saturated carbocycles. The van der Waals surface area contributed by atoms with Gasteiger partial charge in [0.2, 0.25) is 5.91 Å². The molecule has 1 aromatic carbocycles. The highest BCUT2D eigenvalue weighted by Gasteiger charge is 2.30. The maximum atomic E-state index is 12.8. The summed E-state index contributed by atoms with van der Waals surface area (Å²) >= 11 is 0. The maximum Gasteiger partial charge on any atom is 0.416 e. The highest BCUT2D eigenvalue weighted by Crippen LogP contribution is 2.29. The molecule has 7 nitrogen and oxygen atoms in total. The predicted molar refractivity (Wildman–Crippen MR) is 104 cm³/mol. The Labute approximate surface area is 170 Å². The zero-order valence-corrected chi connectivity index (χ0v) is 15.9. The van der Waals surface area contributed by atoms with E-state index in [1.54, 1.807) is 18.6 Å². The summed E-state index contributed by atoms with van der Waals surface area (Å²) in [5.41, 5.74) is 0.850. The SMILES string of the molecule is O=C(Cc1cccc(C(F)(F)F)c1)Nc1cnn(-c2ncc(N3CCCC3)cn2)c1. The second-order valence-corrected chi connectivity index (χ2v) is 7.03. The number of anilines is 2. The van der Waals surface area contributed by atoms with Crippen LogP contribution < -0.4 is 10.2 Å². The molecule has 1 aliphatic heterocycles. The zero-order chi connectivity index (χ0) is 21.1. The van der Waals surface area contributed by atoms with Crippen LogP contribution in [0.2, 0.25) is 0 Å². The summed E-state index contributed by atoms with van der Waals surface area (Å²) < 4.78 is 39.8. The van der Waals surface area contributed by atoms with Crippen molar-refractivity contribution in [2.45, 2.75) is 25.4 Å². The molecule has 0 atom stereocenters. The van der Waals surface area contributed by atoms with Crippen LogP contribution in [-0.4, -0.2) is 38.7 Å². The van der Waals surface area contributed by atoms with Gasteiger partial charge in [-0.25, -0.2) is 14.6 Å². The van der Waals surface area contributed by atoms with Crippen molar-refractivity contribution in [2.75, 3.05) is 23.3 Å². The van der Waals surface area contributed by atoms with Gasteiger partial charge in [-0.15, -0.1) is 0 Å². The second kappa shape index (κ2) is 8.13. The molecule has 1 N–H and O–H groups in total. The molecule has 0 radical (unpaired) electrons. The lowest BCUT2D eigenvalue weighted by molar-refractivity contribution is -0.137. The molecular formula is C20H19F3N6O. The van der Waals surface area contributed by atoms with Gasteiger partial charge in [-0.2, -0.15) is 18.3 Å². The number of benzene rings is 1. The zero-order valence-electron chi connectivity index (χ0n) is 15.9. The highest BCUT2D eigenvalue weighted by molar-refractivity contribution is 5.92. The fourth-order valence-electron chi connectivity index (χ4n) is 3.32. The number of nitrogens with one attached hydrogen (secondary N) is 1. The number of hydrogen-bond acceptors (Lipinski definition) is 5. The lowest BCUT2D eigenvalue weighted by Gasteiger charge is -2.16. The van der Waals surface area contributed by atoms with E-state index in [0.717, 1.165) is 43.8 Å². The van der Waals surface area contributed by atoms with Gasteiger partial charge in [-0.05, 0) is 24.5 Å². The predicted octanol–water partition coefficient (Wildman–Crippen LogP) is 3.46. The summed E-state index contributed by atoms with van der Waals surface area (Å²) in [5.74, 6) is -0.0875. The second-order valence-electron chi connectivity index (χ2n) is 7.03. The van der Waals surface area contributed by atoms with Crippen molar-refractivity contribution in [3.8, 4) is 5.95 Å². The number of nitrogens with zero attached hydrogens (tertiary/aromatic N) is 5. The fourth-order valence-corrected chi connectivity index (χ4v) is 3.32. The van der Waals surface area contributed by atoms with Gasteiger partial charge in [-0.3, -0.25) is 4.79 Å². The Kier molecular flexibility index (Phi) is 5.39. The van der Waals surface area contributed by atoms with Crippen LogP contribution in [-0.2, 0) is 17.4 Å². The van der Waals surface area contributed by atoms with E-state index in [1.807, 2.05) is 0 Å². The minimum Gasteiger partial charge on any atom is -0.369 e. The van der Waals surface area contributed by atoms with E-state index in [0.29, 0.717) is 11.6 Å². The molecule has 0 aliphatic carbocycles. The summed E-state index contributed by atoms with van der Waals surface area (Å²) in [6, 6.07) is 4.71.